The van der Waals surface area contributed by atoms with E-state index >= 15 is 0 Å². The lowest BCUT2D eigenvalue weighted by molar-refractivity contribution is -0.153. The van der Waals surface area contributed by atoms with E-state index in [2.05, 4.69) is 5.32 Å². The number of anilines is 1. The monoisotopic (exact) mass is 403 g/mol. The average Bonchev–Trinajstić information content (AvgIpc) is 3.20. The van der Waals surface area contributed by atoms with Gasteiger partial charge < -0.3 is 19.4 Å². The maximum absolute atomic E-state index is 12.3. The SMILES string of the molecule is CCOC(=O)c1cc(C)n(CC(=O)O[C@H](C)C(=O)Nc2sccc2C#N)c1C. The number of aromatic nitrogens is 1. The van der Waals surface area contributed by atoms with Gasteiger partial charge >= 0.3 is 11.9 Å². The van der Waals surface area contributed by atoms with E-state index in [9.17, 15) is 14.4 Å². The minimum atomic E-state index is -1.04. The summed E-state index contributed by atoms with van der Waals surface area (Å²) in [6.07, 6.45) is -1.04. The van der Waals surface area contributed by atoms with E-state index < -0.39 is 23.9 Å². The summed E-state index contributed by atoms with van der Waals surface area (Å²) < 4.78 is 11.8. The van der Waals surface area contributed by atoms with Crippen LogP contribution in [-0.4, -0.2) is 35.1 Å². The molecule has 1 N–H and O–H groups in total. The molecule has 2 aromatic heterocycles. The van der Waals surface area contributed by atoms with E-state index in [-0.39, 0.29) is 13.2 Å². The summed E-state index contributed by atoms with van der Waals surface area (Å²) in [7, 11) is 0. The van der Waals surface area contributed by atoms with E-state index in [1.165, 1.54) is 18.3 Å². The molecule has 0 spiro atoms. The first-order chi connectivity index (χ1) is 13.3. The molecule has 0 fully saturated rings. The summed E-state index contributed by atoms with van der Waals surface area (Å²) in [4.78, 5) is 36.4. The molecule has 0 bridgehead atoms. The largest absolute Gasteiger partial charge is 0.462 e. The summed E-state index contributed by atoms with van der Waals surface area (Å²) in [5.41, 5.74) is 2.02. The smallest absolute Gasteiger partial charge is 0.339 e. The Morgan fingerprint density at radius 1 is 1.36 bits per heavy atom. The van der Waals surface area contributed by atoms with Crippen LogP contribution in [0.15, 0.2) is 17.5 Å². The number of rotatable bonds is 7. The Morgan fingerprint density at radius 2 is 2.07 bits per heavy atom. The summed E-state index contributed by atoms with van der Waals surface area (Å²) in [5.74, 6) is -1.60. The van der Waals surface area contributed by atoms with Crippen molar-refractivity contribution in [1.82, 2.24) is 4.57 Å². The van der Waals surface area contributed by atoms with Crippen LogP contribution in [0.4, 0.5) is 5.00 Å². The Bertz CT molecular complexity index is 938. The Labute approximate surface area is 166 Å². The van der Waals surface area contributed by atoms with E-state index in [0.29, 0.717) is 27.5 Å². The van der Waals surface area contributed by atoms with E-state index in [1.807, 2.05) is 6.07 Å². The van der Waals surface area contributed by atoms with Gasteiger partial charge in [-0.25, -0.2) is 4.79 Å². The zero-order valence-electron chi connectivity index (χ0n) is 16.1. The van der Waals surface area contributed by atoms with Crippen molar-refractivity contribution in [2.24, 2.45) is 0 Å². The second kappa shape index (κ2) is 9.19. The fourth-order valence-corrected chi connectivity index (χ4v) is 3.33. The second-order valence-corrected chi connectivity index (χ2v) is 6.90. The van der Waals surface area contributed by atoms with E-state index in [0.717, 1.165) is 0 Å². The molecular formula is C19H21N3O5S. The minimum absolute atomic E-state index is 0.142. The van der Waals surface area contributed by atoms with Gasteiger partial charge in [0.15, 0.2) is 6.10 Å². The number of carbonyl (C=O) groups excluding carboxylic acids is 3. The molecular weight excluding hydrogens is 382 g/mol. The molecule has 1 amide bonds. The maximum Gasteiger partial charge on any atom is 0.339 e. The van der Waals surface area contributed by atoms with Crippen molar-refractivity contribution < 1.29 is 23.9 Å². The van der Waals surface area contributed by atoms with Gasteiger partial charge in [-0.1, -0.05) is 0 Å². The lowest BCUT2D eigenvalue weighted by Gasteiger charge is -2.15. The van der Waals surface area contributed by atoms with Gasteiger partial charge in [0, 0.05) is 11.4 Å². The molecule has 148 valence electrons. The molecule has 0 aliphatic rings. The quantitative estimate of drug-likeness (QED) is 0.712. The van der Waals surface area contributed by atoms with Crippen LogP contribution in [0.5, 0.6) is 0 Å². The lowest BCUT2D eigenvalue weighted by Crippen LogP contribution is -2.31. The number of esters is 2. The summed E-state index contributed by atoms with van der Waals surface area (Å²) in [6.45, 7) is 6.76. The second-order valence-electron chi connectivity index (χ2n) is 5.99. The van der Waals surface area contributed by atoms with Gasteiger partial charge in [0.2, 0.25) is 0 Å². The summed E-state index contributed by atoms with van der Waals surface area (Å²) >= 11 is 1.21. The maximum atomic E-state index is 12.3. The predicted octanol–water partition coefficient (Wildman–Crippen LogP) is 2.79. The lowest BCUT2D eigenvalue weighted by atomic mass is 10.2. The van der Waals surface area contributed by atoms with Crippen LogP contribution < -0.4 is 5.32 Å². The van der Waals surface area contributed by atoms with Crippen LogP contribution in [0.3, 0.4) is 0 Å². The zero-order chi connectivity index (χ0) is 20.8. The number of nitriles is 1. The Balaban J connectivity index is 2.01. The van der Waals surface area contributed by atoms with Gasteiger partial charge in [-0.15, -0.1) is 11.3 Å². The fourth-order valence-electron chi connectivity index (χ4n) is 2.58. The Hall–Kier alpha value is -3.12. The van der Waals surface area contributed by atoms with Gasteiger partial charge in [-0.2, -0.15) is 5.26 Å². The van der Waals surface area contributed by atoms with Gasteiger partial charge in [-0.3, -0.25) is 9.59 Å². The summed E-state index contributed by atoms with van der Waals surface area (Å²) in [6, 6.07) is 5.22. The van der Waals surface area contributed by atoms with Crippen LogP contribution in [0.1, 0.15) is 41.2 Å². The molecule has 0 aliphatic heterocycles. The van der Waals surface area contributed by atoms with Crippen molar-refractivity contribution in [3.05, 3.63) is 40.0 Å². The molecule has 2 rings (SSSR count). The third-order valence-electron chi connectivity index (χ3n) is 4.06. The first-order valence-corrected chi connectivity index (χ1v) is 9.48. The number of ether oxygens (including phenoxy) is 2. The van der Waals surface area contributed by atoms with Gasteiger partial charge in [0.1, 0.15) is 17.6 Å². The number of amides is 1. The van der Waals surface area contributed by atoms with Gasteiger partial charge in [-0.05, 0) is 45.2 Å². The number of hydrogen-bond acceptors (Lipinski definition) is 7. The molecule has 28 heavy (non-hydrogen) atoms. The topological polar surface area (TPSA) is 110 Å². The van der Waals surface area contributed by atoms with Gasteiger partial charge in [0.25, 0.3) is 5.91 Å². The number of nitrogens with zero attached hydrogens (tertiary/aromatic N) is 2. The van der Waals surface area contributed by atoms with Crippen molar-refractivity contribution in [3.8, 4) is 6.07 Å². The number of nitrogens with one attached hydrogen (secondary N) is 1. The fraction of sp³-hybridized carbons (Fsp3) is 0.368. The zero-order valence-corrected chi connectivity index (χ0v) is 16.9. The molecule has 2 aromatic rings. The van der Waals surface area contributed by atoms with Crippen molar-refractivity contribution in [2.45, 2.75) is 40.3 Å². The predicted molar refractivity (Wildman–Crippen MR) is 103 cm³/mol. The van der Waals surface area contributed by atoms with Crippen molar-refractivity contribution >= 4 is 34.2 Å². The number of aryl methyl sites for hydroxylation is 1. The Morgan fingerprint density at radius 3 is 2.71 bits per heavy atom. The van der Waals surface area contributed by atoms with Crippen LogP contribution >= 0.6 is 11.3 Å². The van der Waals surface area contributed by atoms with Crippen molar-refractivity contribution in [3.63, 3.8) is 0 Å². The summed E-state index contributed by atoms with van der Waals surface area (Å²) in [5, 5.41) is 13.7. The van der Waals surface area contributed by atoms with Gasteiger partial charge in [0.05, 0.1) is 17.7 Å². The number of hydrogen-bond donors (Lipinski definition) is 1. The highest BCUT2D eigenvalue weighted by Gasteiger charge is 2.22. The third kappa shape index (κ3) is 4.78. The molecule has 0 unspecified atom stereocenters. The molecule has 0 aromatic carbocycles. The van der Waals surface area contributed by atoms with Crippen molar-refractivity contribution in [2.75, 3.05) is 11.9 Å². The third-order valence-corrected chi connectivity index (χ3v) is 4.89. The van der Waals surface area contributed by atoms with E-state index in [1.54, 1.807) is 42.9 Å². The molecule has 2 heterocycles. The standard InChI is InChI=1S/C19H21N3O5S/c1-5-26-19(25)15-8-11(2)22(12(15)3)10-16(23)27-13(4)17(24)21-18-14(9-20)6-7-28-18/h6-8,13H,5,10H2,1-4H3,(H,21,24)/t13-/m1/s1. The van der Waals surface area contributed by atoms with E-state index in [4.69, 9.17) is 14.7 Å². The molecule has 1 atom stereocenters. The van der Waals surface area contributed by atoms with Crippen LogP contribution in [0, 0.1) is 25.2 Å². The molecule has 8 nitrogen and oxygen atoms in total. The first kappa shape index (κ1) is 21.2. The number of thiophene rings is 1. The minimum Gasteiger partial charge on any atom is -0.462 e. The first-order valence-electron chi connectivity index (χ1n) is 8.60. The average molecular weight is 403 g/mol. The van der Waals surface area contributed by atoms with Crippen LogP contribution in [-0.2, 0) is 25.6 Å². The van der Waals surface area contributed by atoms with Crippen molar-refractivity contribution in [1.29, 1.82) is 5.26 Å². The normalized spacial score (nSPS) is 11.4. The number of carbonyl (C=O) groups is 3. The Kier molecular flexibility index (Phi) is 6.95. The molecule has 0 aliphatic carbocycles. The molecule has 9 heteroatoms. The molecule has 0 radical (unpaired) electrons. The highest BCUT2D eigenvalue weighted by Crippen LogP contribution is 2.22. The molecule has 0 saturated heterocycles. The van der Waals surface area contributed by atoms with Crippen LogP contribution in [0.2, 0.25) is 0 Å². The van der Waals surface area contributed by atoms with Crippen LogP contribution in [0.25, 0.3) is 0 Å². The molecule has 0 saturated carbocycles. The highest BCUT2D eigenvalue weighted by atomic mass is 32.1. The highest BCUT2D eigenvalue weighted by molar-refractivity contribution is 7.14.